The lowest BCUT2D eigenvalue weighted by Gasteiger charge is -2.12. The topological polar surface area (TPSA) is 119 Å². The minimum atomic E-state index is -0.584. The Labute approximate surface area is 184 Å². The van der Waals surface area contributed by atoms with Crippen molar-refractivity contribution in [2.75, 3.05) is 5.32 Å². The molecular formula is C20H15ClFN9O. The highest BCUT2D eigenvalue weighted by atomic mass is 35.5. The summed E-state index contributed by atoms with van der Waals surface area (Å²) < 4.78 is 17.1. The number of aromatic nitrogens is 8. The van der Waals surface area contributed by atoms with Crippen LogP contribution in [0.25, 0.3) is 27.7 Å². The summed E-state index contributed by atoms with van der Waals surface area (Å²) in [7, 11) is 0. The van der Waals surface area contributed by atoms with Crippen LogP contribution < -0.4 is 5.32 Å². The van der Waals surface area contributed by atoms with Gasteiger partial charge in [0.25, 0.3) is 0 Å². The molecule has 10 nitrogen and oxygen atoms in total. The molecule has 160 valence electrons. The van der Waals surface area contributed by atoms with Crippen molar-refractivity contribution in [1.82, 2.24) is 39.8 Å². The van der Waals surface area contributed by atoms with Crippen LogP contribution in [0.15, 0.2) is 37.1 Å². The molecule has 0 saturated heterocycles. The van der Waals surface area contributed by atoms with Gasteiger partial charge in [0.15, 0.2) is 12.1 Å². The van der Waals surface area contributed by atoms with E-state index < -0.39 is 5.82 Å². The van der Waals surface area contributed by atoms with E-state index in [-0.39, 0.29) is 29.0 Å². The Hall–Kier alpha value is -3.86. The van der Waals surface area contributed by atoms with Crippen molar-refractivity contribution >= 4 is 39.9 Å². The molecule has 0 aliphatic heterocycles. The number of nitrogens with zero attached hydrogens (tertiary/aromatic N) is 7. The van der Waals surface area contributed by atoms with Gasteiger partial charge in [-0.2, -0.15) is 9.90 Å². The molecule has 1 aliphatic rings. The third kappa shape index (κ3) is 3.09. The van der Waals surface area contributed by atoms with Crippen molar-refractivity contribution in [3.8, 4) is 11.1 Å². The fourth-order valence-corrected chi connectivity index (χ4v) is 4.11. The molecule has 0 spiro atoms. The summed E-state index contributed by atoms with van der Waals surface area (Å²) in [6, 6.07) is 3.59. The fourth-order valence-electron chi connectivity index (χ4n) is 3.78. The Morgan fingerprint density at radius 1 is 1.31 bits per heavy atom. The van der Waals surface area contributed by atoms with E-state index in [9.17, 15) is 4.79 Å². The highest BCUT2D eigenvalue weighted by Gasteiger charge is 2.30. The summed E-state index contributed by atoms with van der Waals surface area (Å²) in [6.45, 7) is 0.0507. The molecule has 1 saturated carbocycles. The number of benzene rings is 1. The standard InChI is InChI=1S/C20H15ClFN9O/c21-17-16(12-5-23-28-19(12)13(18(17)22)7-31-25-9-24-29-31)11-3-4-15-26-14(8-30(15)6-11)27-20(32)10-1-2-10/h3-6,8-10H,1-2,7H2,(H,23,28)(H,27,32). The van der Waals surface area contributed by atoms with Gasteiger partial charge in [-0.3, -0.25) is 9.89 Å². The number of amides is 1. The molecule has 1 fully saturated rings. The average Bonchev–Trinajstić information content (AvgIpc) is 3.13. The van der Waals surface area contributed by atoms with Gasteiger partial charge in [0.1, 0.15) is 11.5 Å². The molecule has 1 aliphatic carbocycles. The number of nitrogens with one attached hydrogen (secondary N) is 2. The maximum absolute atomic E-state index is 15.4. The maximum atomic E-state index is 15.4. The minimum absolute atomic E-state index is 0.0173. The largest absolute Gasteiger partial charge is 0.309 e. The van der Waals surface area contributed by atoms with E-state index in [2.05, 4.69) is 35.9 Å². The molecular weight excluding hydrogens is 437 g/mol. The number of pyridine rings is 1. The van der Waals surface area contributed by atoms with Crippen LogP contribution in [-0.4, -0.2) is 45.7 Å². The second-order valence-electron chi connectivity index (χ2n) is 7.68. The zero-order valence-corrected chi connectivity index (χ0v) is 17.2. The van der Waals surface area contributed by atoms with Crippen LogP contribution in [0.5, 0.6) is 0 Å². The lowest BCUT2D eigenvalue weighted by Crippen LogP contribution is -2.13. The average molecular weight is 452 g/mol. The Morgan fingerprint density at radius 3 is 2.97 bits per heavy atom. The summed E-state index contributed by atoms with van der Waals surface area (Å²) in [4.78, 5) is 17.7. The first-order valence-corrected chi connectivity index (χ1v) is 10.3. The zero-order valence-electron chi connectivity index (χ0n) is 16.5. The second-order valence-corrected chi connectivity index (χ2v) is 8.06. The molecule has 5 aromatic rings. The Morgan fingerprint density at radius 2 is 2.19 bits per heavy atom. The predicted octanol–water partition coefficient (Wildman–Crippen LogP) is 3.05. The number of imidazole rings is 1. The molecule has 2 N–H and O–H groups in total. The van der Waals surface area contributed by atoms with E-state index in [1.165, 1.54) is 11.1 Å². The number of halogens is 2. The molecule has 4 aromatic heterocycles. The van der Waals surface area contributed by atoms with Gasteiger partial charge in [0, 0.05) is 34.2 Å². The fraction of sp³-hybridized carbons (Fsp3) is 0.200. The van der Waals surface area contributed by atoms with E-state index in [0.717, 1.165) is 12.8 Å². The SMILES string of the molecule is O=C(Nc1cn2cc(-c3c(Cl)c(F)c(Cn4ncnn4)c4[nH]ncc34)ccc2n1)C1CC1. The van der Waals surface area contributed by atoms with Crippen molar-refractivity contribution in [3.05, 3.63) is 53.5 Å². The lowest BCUT2D eigenvalue weighted by atomic mass is 9.99. The number of aromatic amines is 1. The van der Waals surface area contributed by atoms with Crippen LogP contribution in [-0.2, 0) is 11.3 Å². The molecule has 32 heavy (non-hydrogen) atoms. The van der Waals surface area contributed by atoms with Gasteiger partial charge >= 0.3 is 0 Å². The first-order chi connectivity index (χ1) is 15.6. The number of hydrogen-bond acceptors (Lipinski definition) is 6. The number of tetrazole rings is 1. The summed E-state index contributed by atoms with van der Waals surface area (Å²) in [5.41, 5.74) is 2.62. The number of H-pyrrole nitrogens is 1. The molecule has 1 aromatic carbocycles. The Bertz CT molecular complexity index is 1490. The van der Waals surface area contributed by atoms with Gasteiger partial charge < -0.3 is 9.72 Å². The second kappa shape index (κ2) is 7.09. The Kier molecular flexibility index (Phi) is 4.18. The van der Waals surface area contributed by atoms with Crippen LogP contribution in [0.1, 0.15) is 18.4 Å². The normalized spacial score (nSPS) is 13.8. The summed E-state index contributed by atoms with van der Waals surface area (Å²) >= 11 is 6.51. The van der Waals surface area contributed by atoms with Crippen LogP contribution in [0, 0.1) is 11.7 Å². The van der Waals surface area contributed by atoms with Gasteiger partial charge in [-0.15, -0.1) is 10.2 Å². The molecule has 0 atom stereocenters. The van der Waals surface area contributed by atoms with Gasteiger partial charge in [0.2, 0.25) is 5.91 Å². The van der Waals surface area contributed by atoms with E-state index >= 15 is 4.39 Å². The summed E-state index contributed by atoms with van der Waals surface area (Å²) in [5.74, 6) is -0.0478. The van der Waals surface area contributed by atoms with E-state index in [1.54, 1.807) is 35.1 Å². The van der Waals surface area contributed by atoms with E-state index in [0.29, 0.717) is 33.5 Å². The molecule has 0 bridgehead atoms. The van der Waals surface area contributed by atoms with Crippen LogP contribution in [0.4, 0.5) is 10.2 Å². The number of fused-ring (bicyclic) bond motifs is 2. The molecule has 0 radical (unpaired) electrons. The van der Waals surface area contributed by atoms with Crippen molar-refractivity contribution < 1.29 is 9.18 Å². The van der Waals surface area contributed by atoms with E-state index in [1.807, 2.05) is 0 Å². The Balaban J connectivity index is 1.44. The number of carbonyl (C=O) groups excluding carboxylic acids is 1. The quantitative estimate of drug-likeness (QED) is 0.424. The van der Waals surface area contributed by atoms with Gasteiger partial charge in [0.05, 0.1) is 29.5 Å². The van der Waals surface area contributed by atoms with Gasteiger partial charge in [-0.25, -0.2) is 9.37 Å². The number of hydrogen-bond donors (Lipinski definition) is 2. The van der Waals surface area contributed by atoms with Gasteiger partial charge in [-0.05, 0) is 30.2 Å². The first kappa shape index (κ1) is 18.9. The molecule has 12 heteroatoms. The van der Waals surface area contributed by atoms with E-state index in [4.69, 9.17) is 11.6 Å². The van der Waals surface area contributed by atoms with Crippen molar-refractivity contribution in [1.29, 1.82) is 0 Å². The molecule has 4 heterocycles. The predicted molar refractivity (Wildman–Crippen MR) is 114 cm³/mol. The monoisotopic (exact) mass is 451 g/mol. The minimum Gasteiger partial charge on any atom is -0.309 e. The highest BCUT2D eigenvalue weighted by molar-refractivity contribution is 6.35. The lowest BCUT2D eigenvalue weighted by molar-refractivity contribution is -0.117. The summed E-state index contributed by atoms with van der Waals surface area (Å²) in [5, 5.41) is 21.8. The number of carbonyl (C=O) groups is 1. The third-order valence-electron chi connectivity index (χ3n) is 5.52. The van der Waals surface area contributed by atoms with Crippen LogP contribution in [0.3, 0.4) is 0 Å². The first-order valence-electron chi connectivity index (χ1n) is 9.92. The van der Waals surface area contributed by atoms with Crippen molar-refractivity contribution in [2.45, 2.75) is 19.4 Å². The number of anilines is 1. The molecule has 1 amide bonds. The van der Waals surface area contributed by atoms with Crippen molar-refractivity contribution in [2.24, 2.45) is 5.92 Å². The van der Waals surface area contributed by atoms with Crippen LogP contribution in [0.2, 0.25) is 5.02 Å². The zero-order chi connectivity index (χ0) is 21.8. The maximum Gasteiger partial charge on any atom is 0.228 e. The molecule has 0 unspecified atom stereocenters. The summed E-state index contributed by atoms with van der Waals surface area (Å²) in [6.07, 6.45) is 8.23. The number of rotatable bonds is 5. The van der Waals surface area contributed by atoms with Crippen LogP contribution >= 0.6 is 11.6 Å². The smallest absolute Gasteiger partial charge is 0.228 e. The molecule has 6 rings (SSSR count). The third-order valence-corrected chi connectivity index (χ3v) is 5.87. The highest BCUT2D eigenvalue weighted by Crippen LogP contribution is 2.39. The van der Waals surface area contributed by atoms with Crippen molar-refractivity contribution in [3.63, 3.8) is 0 Å². The van der Waals surface area contributed by atoms with Gasteiger partial charge in [-0.1, -0.05) is 11.6 Å².